The first-order chi connectivity index (χ1) is 6.33. The summed E-state index contributed by atoms with van der Waals surface area (Å²) in [4.78, 5) is 11.1. The van der Waals surface area contributed by atoms with Crippen LogP contribution in [-0.4, -0.2) is 5.91 Å². The first-order valence-corrected chi connectivity index (χ1v) is 4.30. The number of para-hydroxylation sites is 1. The van der Waals surface area contributed by atoms with Gasteiger partial charge in [-0.1, -0.05) is 31.2 Å². The number of amides is 1. The summed E-state index contributed by atoms with van der Waals surface area (Å²) >= 11 is 0. The highest BCUT2D eigenvalue weighted by Crippen LogP contribution is 2.04. The fourth-order valence-corrected chi connectivity index (χ4v) is 0.886. The minimum absolute atomic E-state index is 0.201. The zero-order valence-electron chi connectivity index (χ0n) is 7.60. The van der Waals surface area contributed by atoms with Gasteiger partial charge < -0.3 is 0 Å². The van der Waals surface area contributed by atoms with Gasteiger partial charge >= 0.3 is 0 Å². The second-order valence-electron chi connectivity index (χ2n) is 2.60. The average molecular weight is 174 g/mol. The van der Waals surface area contributed by atoms with Crippen molar-refractivity contribution in [3.8, 4) is 0 Å². The molecule has 0 aliphatic carbocycles. The van der Waals surface area contributed by atoms with Crippen LogP contribution in [0, 0.1) is 0 Å². The van der Waals surface area contributed by atoms with Crippen LogP contribution in [0.2, 0.25) is 0 Å². The summed E-state index contributed by atoms with van der Waals surface area (Å²) in [6.45, 7) is 1.98. The molecule has 1 amide bonds. The lowest BCUT2D eigenvalue weighted by Crippen LogP contribution is -2.05. The van der Waals surface area contributed by atoms with Crippen LogP contribution in [-0.2, 0) is 4.79 Å². The van der Waals surface area contributed by atoms with Gasteiger partial charge in [0.25, 0.3) is 5.91 Å². The molecule has 67 valence electrons. The third kappa shape index (κ3) is 3.56. The molecule has 2 nitrogen and oxygen atoms in total. The van der Waals surface area contributed by atoms with Crippen molar-refractivity contribution in [1.29, 1.82) is 0 Å². The maximum absolute atomic E-state index is 11.1. The van der Waals surface area contributed by atoms with Crippen molar-refractivity contribution in [3.05, 3.63) is 42.5 Å². The van der Waals surface area contributed by atoms with E-state index >= 15 is 0 Å². The maximum Gasteiger partial charge on any atom is 0.269 e. The molecule has 0 aromatic heterocycles. The topological polar surface area (TPSA) is 31.2 Å². The minimum atomic E-state index is -0.201. The summed E-state index contributed by atoms with van der Waals surface area (Å²) in [7, 11) is 0. The highest BCUT2D eigenvalue weighted by atomic mass is 16.1. The Bertz CT molecular complexity index is 290. The van der Waals surface area contributed by atoms with Crippen LogP contribution in [0.4, 0.5) is 5.69 Å². The van der Waals surface area contributed by atoms with E-state index in [-0.39, 0.29) is 5.91 Å². The lowest BCUT2D eigenvalue weighted by molar-refractivity contribution is -0.115. The van der Waals surface area contributed by atoms with Gasteiger partial charge in [0, 0.05) is 6.08 Å². The Kier molecular flexibility index (Phi) is 3.76. The number of benzene rings is 1. The van der Waals surface area contributed by atoms with Crippen molar-refractivity contribution in [2.75, 3.05) is 0 Å². The third-order valence-electron chi connectivity index (χ3n) is 1.49. The van der Waals surface area contributed by atoms with E-state index in [1.165, 1.54) is 6.08 Å². The molecule has 13 heavy (non-hydrogen) atoms. The average Bonchev–Trinajstić information content (AvgIpc) is 2.16. The number of hydrogen-bond acceptors (Lipinski definition) is 1. The van der Waals surface area contributed by atoms with Crippen LogP contribution in [0.3, 0.4) is 0 Å². The van der Waals surface area contributed by atoms with Crippen LogP contribution >= 0.6 is 0 Å². The van der Waals surface area contributed by atoms with Crippen LogP contribution < -0.4 is 5.32 Å². The molecule has 0 bridgehead atoms. The van der Waals surface area contributed by atoms with Crippen LogP contribution in [0.15, 0.2) is 42.5 Å². The zero-order chi connectivity index (χ0) is 9.52. The normalized spacial score (nSPS) is 10.2. The molecule has 0 saturated carbocycles. The molecule has 1 aromatic carbocycles. The fourth-order valence-electron chi connectivity index (χ4n) is 0.886. The van der Waals surface area contributed by atoms with Crippen molar-refractivity contribution in [1.82, 2.24) is 5.32 Å². The predicted octanol–water partition coefficient (Wildman–Crippen LogP) is 2.42. The summed E-state index contributed by atoms with van der Waals surface area (Å²) < 4.78 is 0. The third-order valence-corrected chi connectivity index (χ3v) is 1.49. The van der Waals surface area contributed by atoms with E-state index in [9.17, 15) is 4.79 Å². The van der Waals surface area contributed by atoms with Crippen molar-refractivity contribution in [2.45, 2.75) is 13.3 Å². The molecule has 0 heterocycles. The SMILES string of the molecule is CC/C=C/C(=O)[N]c1ccccc1. The van der Waals surface area contributed by atoms with Crippen LogP contribution in [0.5, 0.6) is 0 Å². The van der Waals surface area contributed by atoms with Crippen molar-refractivity contribution < 1.29 is 4.79 Å². The second-order valence-corrected chi connectivity index (χ2v) is 2.60. The van der Waals surface area contributed by atoms with E-state index in [1.54, 1.807) is 18.2 Å². The smallest absolute Gasteiger partial charge is 0.267 e. The van der Waals surface area contributed by atoms with Gasteiger partial charge in [-0.2, -0.15) is 0 Å². The Balaban J connectivity index is 2.50. The summed E-state index contributed by atoms with van der Waals surface area (Å²) in [5, 5.41) is 3.87. The zero-order valence-corrected chi connectivity index (χ0v) is 7.60. The van der Waals surface area contributed by atoms with E-state index in [1.807, 2.05) is 25.1 Å². The number of rotatable bonds is 3. The molecule has 1 radical (unpaired) electrons. The van der Waals surface area contributed by atoms with Gasteiger partial charge in [-0.05, 0) is 18.6 Å². The highest BCUT2D eigenvalue weighted by Gasteiger charge is 1.97. The summed E-state index contributed by atoms with van der Waals surface area (Å²) in [5.41, 5.74) is 0.702. The molecular weight excluding hydrogens is 162 g/mol. The van der Waals surface area contributed by atoms with E-state index in [0.717, 1.165) is 6.42 Å². The van der Waals surface area contributed by atoms with E-state index in [0.29, 0.717) is 5.69 Å². The first-order valence-electron chi connectivity index (χ1n) is 4.30. The molecule has 2 heteroatoms. The molecule has 1 aromatic rings. The number of allylic oxidation sites excluding steroid dienone is 1. The summed E-state index contributed by atoms with van der Waals surface area (Å²) in [6.07, 6.45) is 4.15. The van der Waals surface area contributed by atoms with Gasteiger partial charge in [0.1, 0.15) is 0 Å². The molecule has 0 aliphatic rings. The molecule has 0 saturated heterocycles. The van der Waals surface area contributed by atoms with Gasteiger partial charge in [0.05, 0.1) is 5.69 Å². The molecule has 0 N–H and O–H groups in total. The Hall–Kier alpha value is -1.57. The van der Waals surface area contributed by atoms with Crippen molar-refractivity contribution >= 4 is 11.6 Å². The second kappa shape index (κ2) is 5.14. The Morgan fingerprint density at radius 3 is 2.69 bits per heavy atom. The predicted molar refractivity (Wildman–Crippen MR) is 52.7 cm³/mol. The number of carbonyl (C=O) groups is 1. The van der Waals surface area contributed by atoms with Gasteiger partial charge in [-0.15, -0.1) is 0 Å². The monoisotopic (exact) mass is 174 g/mol. The Morgan fingerprint density at radius 2 is 2.08 bits per heavy atom. The number of hydrogen-bond donors (Lipinski definition) is 0. The summed E-state index contributed by atoms with van der Waals surface area (Å²) in [6, 6.07) is 9.21. The standard InChI is InChI=1S/C11H12NO/c1-2-3-9-11(13)12-10-7-5-4-6-8-10/h3-9H,2H2,1H3/b9-3+. The lowest BCUT2D eigenvalue weighted by Gasteiger charge is -1.95. The summed E-state index contributed by atoms with van der Waals surface area (Å²) in [5.74, 6) is -0.201. The van der Waals surface area contributed by atoms with E-state index < -0.39 is 0 Å². The van der Waals surface area contributed by atoms with Crippen molar-refractivity contribution in [3.63, 3.8) is 0 Å². The largest absolute Gasteiger partial charge is 0.269 e. The quantitative estimate of drug-likeness (QED) is 0.647. The number of nitrogens with zero attached hydrogens (tertiary/aromatic N) is 1. The molecule has 0 fully saturated rings. The molecule has 0 spiro atoms. The van der Waals surface area contributed by atoms with Gasteiger partial charge in [-0.25, -0.2) is 5.32 Å². The molecule has 1 rings (SSSR count). The van der Waals surface area contributed by atoms with Crippen LogP contribution in [0.1, 0.15) is 13.3 Å². The van der Waals surface area contributed by atoms with Gasteiger partial charge in [-0.3, -0.25) is 4.79 Å². The van der Waals surface area contributed by atoms with E-state index in [4.69, 9.17) is 0 Å². The molecule has 0 atom stereocenters. The number of carbonyl (C=O) groups excluding carboxylic acids is 1. The maximum atomic E-state index is 11.1. The highest BCUT2D eigenvalue weighted by molar-refractivity contribution is 5.90. The Morgan fingerprint density at radius 1 is 1.38 bits per heavy atom. The van der Waals surface area contributed by atoms with Gasteiger partial charge in [0.2, 0.25) is 0 Å². The minimum Gasteiger partial charge on any atom is -0.267 e. The lowest BCUT2D eigenvalue weighted by atomic mass is 10.3. The van der Waals surface area contributed by atoms with Crippen LogP contribution in [0.25, 0.3) is 0 Å². The Labute approximate surface area is 78.3 Å². The first kappa shape index (κ1) is 9.52. The molecule has 0 aliphatic heterocycles. The van der Waals surface area contributed by atoms with Crippen molar-refractivity contribution in [2.24, 2.45) is 0 Å². The van der Waals surface area contributed by atoms with E-state index in [2.05, 4.69) is 5.32 Å². The fraction of sp³-hybridized carbons (Fsp3) is 0.182. The van der Waals surface area contributed by atoms with Gasteiger partial charge in [0.15, 0.2) is 0 Å². The molecular formula is C11H12NO. The molecule has 0 unspecified atom stereocenters.